The maximum Gasteiger partial charge on any atom is 0.250 e. The summed E-state index contributed by atoms with van der Waals surface area (Å²) in [5, 5.41) is 13.5. The van der Waals surface area contributed by atoms with E-state index in [0.717, 1.165) is 6.08 Å². The Morgan fingerprint density at radius 1 is 1.62 bits per heavy atom. The third-order valence-electron chi connectivity index (χ3n) is 0.800. The molecule has 4 nitrogen and oxygen atoms in total. The van der Waals surface area contributed by atoms with E-state index in [1.54, 1.807) is 0 Å². The van der Waals surface area contributed by atoms with Crippen molar-refractivity contribution in [2.75, 3.05) is 6.67 Å². The van der Waals surface area contributed by atoms with Crippen molar-refractivity contribution in [3.63, 3.8) is 0 Å². The van der Waals surface area contributed by atoms with E-state index in [4.69, 9.17) is 5.11 Å². The van der Waals surface area contributed by atoms with Gasteiger partial charge in [-0.1, -0.05) is 0 Å². The lowest BCUT2D eigenvalue weighted by molar-refractivity contribution is -0.117. The molecule has 0 unspecified atom stereocenters. The smallest absolute Gasteiger partial charge is 0.250 e. The van der Waals surface area contributed by atoms with Gasteiger partial charge in [-0.05, 0) is 0 Å². The van der Waals surface area contributed by atoms with E-state index < -0.39 is 0 Å². The predicted molar refractivity (Wildman–Crippen MR) is 26.9 cm³/mol. The molecule has 0 aromatic rings. The highest BCUT2D eigenvalue weighted by atomic mass is 16.3. The van der Waals surface area contributed by atoms with Crippen LogP contribution in [0.25, 0.3) is 0 Å². The molecule has 0 atom stereocenters. The molecule has 1 aliphatic heterocycles. The summed E-state index contributed by atoms with van der Waals surface area (Å²) in [6.07, 6.45) is 1.09. The Bertz CT molecular complexity index is 141. The molecule has 0 aliphatic carbocycles. The highest BCUT2D eigenvalue weighted by Gasteiger charge is 2.03. The quantitative estimate of drug-likeness (QED) is 0.381. The van der Waals surface area contributed by atoms with Gasteiger partial charge in [-0.2, -0.15) is 0 Å². The van der Waals surface area contributed by atoms with Crippen LogP contribution < -0.4 is 10.6 Å². The first-order chi connectivity index (χ1) is 3.79. The van der Waals surface area contributed by atoms with E-state index in [-0.39, 0.29) is 11.8 Å². The monoisotopic (exact) mass is 114 g/mol. The number of aliphatic hydroxyl groups is 1. The predicted octanol–water partition coefficient (Wildman–Crippen LogP) is -0.937. The van der Waals surface area contributed by atoms with E-state index in [2.05, 4.69) is 10.6 Å². The number of carbonyl (C=O) groups is 1. The molecule has 0 bridgehead atoms. The normalized spacial score (nSPS) is 18.5. The van der Waals surface area contributed by atoms with Gasteiger partial charge in [-0.25, -0.2) is 0 Å². The summed E-state index contributed by atoms with van der Waals surface area (Å²) in [5.41, 5.74) is 0. The maximum atomic E-state index is 10.3. The van der Waals surface area contributed by atoms with Gasteiger partial charge >= 0.3 is 0 Å². The van der Waals surface area contributed by atoms with Crippen LogP contribution in [-0.2, 0) is 4.79 Å². The van der Waals surface area contributed by atoms with Crippen molar-refractivity contribution in [3.05, 3.63) is 12.0 Å². The van der Waals surface area contributed by atoms with Crippen LogP contribution in [0, 0.1) is 0 Å². The van der Waals surface area contributed by atoms with Crippen LogP contribution in [0.3, 0.4) is 0 Å². The average molecular weight is 114 g/mol. The van der Waals surface area contributed by atoms with Crippen LogP contribution in [0.2, 0.25) is 0 Å². The molecule has 3 N–H and O–H groups in total. The Kier molecular flexibility index (Phi) is 1.07. The molecule has 1 amide bonds. The first-order valence-electron chi connectivity index (χ1n) is 2.21. The molecular weight excluding hydrogens is 108 g/mol. The number of amides is 1. The Hall–Kier alpha value is -1.19. The first kappa shape index (κ1) is 4.96. The largest absolute Gasteiger partial charge is 0.495 e. The van der Waals surface area contributed by atoms with Crippen molar-refractivity contribution in [2.24, 2.45) is 0 Å². The topological polar surface area (TPSA) is 61.4 Å². The summed E-state index contributed by atoms with van der Waals surface area (Å²) >= 11 is 0. The summed E-state index contributed by atoms with van der Waals surface area (Å²) in [5.74, 6) is -0.338. The lowest BCUT2D eigenvalue weighted by atomic mass is 10.5. The van der Waals surface area contributed by atoms with Crippen LogP contribution in [-0.4, -0.2) is 17.7 Å². The van der Waals surface area contributed by atoms with Gasteiger partial charge in [0.15, 0.2) is 5.88 Å². The van der Waals surface area contributed by atoms with E-state index >= 15 is 0 Å². The summed E-state index contributed by atoms with van der Waals surface area (Å²) in [7, 11) is 0. The van der Waals surface area contributed by atoms with Gasteiger partial charge in [0, 0.05) is 0 Å². The van der Waals surface area contributed by atoms with Crippen LogP contribution in [0.15, 0.2) is 12.0 Å². The van der Waals surface area contributed by atoms with Crippen LogP contribution >= 0.6 is 0 Å². The third-order valence-corrected chi connectivity index (χ3v) is 0.800. The molecule has 8 heavy (non-hydrogen) atoms. The van der Waals surface area contributed by atoms with Gasteiger partial charge in [-0.15, -0.1) is 0 Å². The molecule has 0 aromatic heterocycles. The van der Waals surface area contributed by atoms with Gasteiger partial charge < -0.3 is 15.7 Å². The molecule has 0 aromatic carbocycles. The molecular formula is C4H6N2O2. The summed E-state index contributed by atoms with van der Waals surface area (Å²) < 4.78 is 0. The van der Waals surface area contributed by atoms with Crippen molar-refractivity contribution in [1.29, 1.82) is 0 Å². The van der Waals surface area contributed by atoms with Crippen molar-refractivity contribution < 1.29 is 9.90 Å². The number of nitrogens with one attached hydrogen (secondary N) is 2. The Morgan fingerprint density at radius 3 is 2.75 bits per heavy atom. The molecule has 44 valence electrons. The first-order valence-corrected chi connectivity index (χ1v) is 2.21. The van der Waals surface area contributed by atoms with Crippen molar-refractivity contribution in [3.8, 4) is 0 Å². The third kappa shape index (κ3) is 0.900. The SMILES string of the molecule is O=C1C=C(O)NCN1. The van der Waals surface area contributed by atoms with E-state index in [0.29, 0.717) is 6.67 Å². The zero-order chi connectivity index (χ0) is 5.98. The zero-order valence-electron chi connectivity index (χ0n) is 4.14. The van der Waals surface area contributed by atoms with Crippen LogP contribution in [0.1, 0.15) is 0 Å². The van der Waals surface area contributed by atoms with Gasteiger partial charge in [0.1, 0.15) is 0 Å². The standard InChI is InChI=1S/C4H6N2O2/c7-3-1-4(8)6-2-5-3/h1,5,7H,2H2,(H,6,8). The van der Waals surface area contributed by atoms with E-state index in [1.807, 2.05) is 0 Å². The second-order valence-electron chi connectivity index (χ2n) is 1.42. The molecule has 1 aliphatic rings. The number of rotatable bonds is 0. The van der Waals surface area contributed by atoms with Crippen molar-refractivity contribution in [1.82, 2.24) is 10.6 Å². The highest BCUT2D eigenvalue weighted by molar-refractivity contribution is 5.88. The van der Waals surface area contributed by atoms with Crippen molar-refractivity contribution in [2.45, 2.75) is 0 Å². The average Bonchev–Trinajstić information content (AvgIpc) is 1.64. The van der Waals surface area contributed by atoms with Crippen LogP contribution in [0.5, 0.6) is 0 Å². The molecule has 0 saturated carbocycles. The fourth-order valence-electron chi connectivity index (χ4n) is 0.448. The van der Waals surface area contributed by atoms with Gasteiger partial charge in [0.05, 0.1) is 12.7 Å². The van der Waals surface area contributed by atoms with Crippen molar-refractivity contribution >= 4 is 5.91 Å². The number of hydrogen-bond donors (Lipinski definition) is 3. The molecule has 0 saturated heterocycles. The Morgan fingerprint density at radius 2 is 2.38 bits per heavy atom. The molecule has 1 heterocycles. The maximum absolute atomic E-state index is 10.3. The number of carbonyl (C=O) groups excluding carboxylic acids is 1. The minimum absolute atomic E-state index is 0.0752. The van der Waals surface area contributed by atoms with E-state index in [1.165, 1.54) is 0 Å². The molecule has 1 rings (SSSR count). The minimum atomic E-state index is -0.263. The summed E-state index contributed by atoms with van der Waals surface area (Å²) in [6, 6.07) is 0. The molecule has 0 radical (unpaired) electrons. The van der Waals surface area contributed by atoms with Gasteiger partial charge in [-0.3, -0.25) is 4.79 Å². The van der Waals surface area contributed by atoms with Gasteiger partial charge in [0.2, 0.25) is 0 Å². The lowest BCUT2D eigenvalue weighted by Crippen LogP contribution is -2.37. The fourth-order valence-corrected chi connectivity index (χ4v) is 0.448. The zero-order valence-corrected chi connectivity index (χ0v) is 4.14. The van der Waals surface area contributed by atoms with E-state index in [9.17, 15) is 4.79 Å². The van der Waals surface area contributed by atoms with Crippen LogP contribution in [0.4, 0.5) is 0 Å². The summed E-state index contributed by atoms with van der Waals surface area (Å²) in [4.78, 5) is 10.3. The summed E-state index contributed by atoms with van der Waals surface area (Å²) in [6.45, 7) is 0.307. The molecule has 4 heteroatoms. The number of aliphatic hydroxyl groups excluding tert-OH is 1. The molecule has 0 fully saturated rings. The van der Waals surface area contributed by atoms with Gasteiger partial charge in [0.25, 0.3) is 5.91 Å². The fraction of sp³-hybridized carbons (Fsp3) is 0.250. The Labute approximate surface area is 46.2 Å². The number of hydrogen-bond acceptors (Lipinski definition) is 3. The second-order valence-corrected chi connectivity index (χ2v) is 1.42. The molecule has 0 spiro atoms. The minimum Gasteiger partial charge on any atom is -0.495 e. The Balaban J connectivity index is 2.64. The highest BCUT2D eigenvalue weighted by Crippen LogP contribution is 1.84. The second kappa shape index (κ2) is 1.73. The lowest BCUT2D eigenvalue weighted by Gasteiger charge is -2.09.